The van der Waals surface area contributed by atoms with Gasteiger partial charge in [0.1, 0.15) is 0 Å². The highest BCUT2D eigenvalue weighted by Crippen LogP contribution is 2.30. The fourth-order valence-corrected chi connectivity index (χ4v) is 21.5. The number of aromatic hydroxyl groups is 1. The molecule has 1 N–H and O–H groups in total. The highest BCUT2D eigenvalue weighted by molar-refractivity contribution is 6.89. The number of rotatable bonds is 11. The predicted octanol–water partition coefficient (Wildman–Crippen LogP) is 5.83. The van der Waals surface area contributed by atoms with E-state index in [4.69, 9.17) is 17.1 Å². The summed E-state index contributed by atoms with van der Waals surface area (Å²) in [5.41, 5.74) is 1.15. The summed E-state index contributed by atoms with van der Waals surface area (Å²) in [6.07, 6.45) is 1.87. The van der Waals surface area contributed by atoms with E-state index in [-0.39, 0.29) is 5.75 Å². The highest BCUT2D eigenvalue weighted by Gasteiger charge is 2.44. The Morgan fingerprint density at radius 2 is 1.39 bits per heavy atom. The van der Waals surface area contributed by atoms with Gasteiger partial charge in [0.05, 0.1) is 7.11 Å². The molecule has 0 aromatic heterocycles. The average molecular weight is 461 g/mol. The summed E-state index contributed by atoms with van der Waals surface area (Å²) in [5.74, 6) is 0.691. The van der Waals surface area contributed by atoms with Crippen molar-refractivity contribution in [2.45, 2.75) is 77.8 Å². The maximum atomic E-state index is 9.78. The van der Waals surface area contributed by atoms with Crippen LogP contribution in [0.5, 0.6) is 11.5 Å². The van der Waals surface area contributed by atoms with Crippen molar-refractivity contribution in [1.29, 1.82) is 0 Å². The molecule has 9 heteroatoms. The summed E-state index contributed by atoms with van der Waals surface area (Å²) >= 11 is 0. The SMILES string of the molecule is COc1cc(CCC[Si](C)(O[Si](C)(C)C)O[Si](C)(C)O[Si](C)(C)C)ccc1O. The van der Waals surface area contributed by atoms with E-state index in [2.05, 4.69) is 58.9 Å². The first-order valence-corrected chi connectivity index (χ1v) is 22.2. The third-order valence-electron chi connectivity index (χ3n) is 3.88. The number of hydrogen-bond acceptors (Lipinski definition) is 5. The molecule has 0 amide bonds. The van der Waals surface area contributed by atoms with Gasteiger partial charge in [0.15, 0.2) is 28.1 Å². The second-order valence-corrected chi connectivity index (χ2v) is 26.4. The van der Waals surface area contributed by atoms with Crippen LogP contribution in [0, 0.1) is 0 Å². The van der Waals surface area contributed by atoms with Crippen LogP contribution in [0.4, 0.5) is 0 Å². The van der Waals surface area contributed by atoms with Gasteiger partial charge in [-0.3, -0.25) is 0 Å². The van der Waals surface area contributed by atoms with Gasteiger partial charge >= 0.3 is 17.1 Å². The maximum Gasteiger partial charge on any atom is 0.315 e. The lowest BCUT2D eigenvalue weighted by Crippen LogP contribution is -2.56. The fraction of sp³-hybridized carbons (Fsp3) is 0.684. The van der Waals surface area contributed by atoms with Crippen LogP contribution >= 0.6 is 0 Å². The Morgan fingerprint density at radius 1 is 0.821 bits per heavy atom. The molecule has 28 heavy (non-hydrogen) atoms. The summed E-state index contributed by atoms with van der Waals surface area (Å²) in [6, 6.07) is 6.47. The Hall–Kier alpha value is -0.432. The molecule has 1 rings (SSSR count). The van der Waals surface area contributed by atoms with Crippen LogP contribution in [-0.4, -0.2) is 46.0 Å². The summed E-state index contributed by atoms with van der Waals surface area (Å²) in [5, 5.41) is 9.78. The summed E-state index contributed by atoms with van der Waals surface area (Å²) in [7, 11) is -6.47. The minimum absolute atomic E-state index is 0.173. The van der Waals surface area contributed by atoms with E-state index in [0.717, 1.165) is 24.4 Å². The lowest BCUT2D eigenvalue weighted by Gasteiger charge is -2.41. The molecular formula is C19H40O5Si4. The number of ether oxygens (including phenoxy) is 1. The van der Waals surface area contributed by atoms with Gasteiger partial charge in [0, 0.05) is 0 Å². The van der Waals surface area contributed by atoms with Gasteiger partial charge in [0.2, 0.25) is 0 Å². The average Bonchev–Trinajstić information content (AvgIpc) is 2.43. The quantitative estimate of drug-likeness (QED) is 0.421. The number of phenolic OH excluding ortho intramolecular Hbond substituents is 1. The van der Waals surface area contributed by atoms with Crippen molar-refractivity contribution >= 4 is 33.8 Å². The maximum absolute atomic E-state index is 9.78. The smallest absolute Gasteiger partial charge is 0.315 e. The highest BCUT2D eigenvalue weighted by atomic mass is 28.5. The molecule has 0 fully saturated rings. The van der Waals surface area contributed by atoms with Crippen molar-refractivity contribution in [3.63, 3.8) is 0 Å². The van der Waals surface area contributed by atoms with Crippen LogP contribution in [0.3, 0.4) is 0 Å². The topological polar surface area (TPSA) is 57.2 Å². The molecule has 162 valence electrons. The third kappa shape index (κ3) is 9.86. The van der Waals surface area contributed by atoms with Crippen LogP contribution in [0.2, 0.25) is 65.0 Å². The molecule has 1 aromatic carbocycles. The lowest BCUT2D eigenvalue weighted by atomic mass is 10.1. The number of phenols is 1. The van der Waals surface area contributed by atoms with Gasteiger partial charge in [0.25, 0.3) is 0 Å². The summed E-state index contributed by atoms with van der Waals surface area (Å²) in [4.78, 5) is 0. The van der Waals surface area contributed by atoms with Crippen LogP contribution in [-0.2, 0) is 18.8 Å². The molecule has 0 aliphatic carbocycles. The molecular weight excluding hydrogens is 421 g/mol. The van der Waals surface area contributed by atoms with Crippen molar-refractivity contribution in [3.8, 4) is 11.5 Å². The molecule has 0 bridgehead atoms. The van der Waals surface area contributed by atoms with E-state index in [9.17, 15) is 5.11 Å². The van der Waals surface area contributed by atoms with E-state index >= 15 is 0 Å². The zero-order chi connectivity index (χ0) is 21.8. The molecule has 1 aromatic rings. The van der Waals surface area contributed by atoms with Crippen LogP contribution in [0.15, 0.2) is 18.2 Å². The minimum atomic E-state index is -2.37. The first-order chi connectivity index (χ1) is 12.5. The molecule has 0 radical (unpaired) electrons. The molecule has 0 heterocycles. The van der Waals surface area contributed by atoms with Crippen LogP contribution in [0.25, 0.3) is 0 Å². The Kier molecular flexibility index (Phi) is 8.76. The molecule has 1 unspecified atom stereocenters. The number of hydrogen-bond donors (Lipinski definition) is 1. The minimum Gasteiger partial charge on any atom is -0.504 e. The van der Waals surface area contributed by atoms with Gasteiger partial charge in [-0.15, -0.1) is 0 Å². The molecule has 0 saturated heterocycles. The first-order valence-electron chi connectivity index (χ1n) is 10.0. The van der Waals surface area contributed by atoms with Gasteiger partial charge in [-0.2, -0.15) is 0 Å². The molecule has 0 aliphatic heterocycles. The third-order valence-corrected chi connectivity index (χ3v) is 17.4. The normalized spacial score (nSPS) is 15.4. The Morgan fingerprint density at radius 3 is 1.89 bits per heavy atom. The monoisotopic (exact) mass is 460 g/mol. The number of aryl methyl sites for hydroxylation is 1. The van der Waals surface area contributed by atoms with E-state index in [1.165, 1.54) is 0 Å². The van der Waals surface area contributed by atoms with E-state index in [0.29, 0.717) is 5.75 Å². The largest absolute Gasteiger partial charge is 0.504 e. The first kappa shape index (κ1) is 25.6. The summed E-state index contributed by atoms with van der Waals surface area (Å²) in [6.45, 7) is 19.8. The van der Waals surface area contributed by atoms with E-state index < -0.39 is 33.8 Å². The van der Waals surface area contributed by atoms with E-state index in [1.54, 1.807) is 13.2 Å². The molecule has 5 nitrogen and oxygen atoms in total. The van der Waals surface area contributed by atoms with Crippen LogP contribution in [0.1, 0.15) is 12.0 Å². The van der Waals surface area contributed by atoms with Crippen molar-refractivity contribution in [2.75, 3.05) is 7.11 Å². The standard InChI is InChI=1S/C19H40O5Si4/c1-21-19-16-17(13-14-18(19)20)12-11-15-28(10,23-26(5,6)7)24-27(8,9)22-25(2,3)4/h13-14,16,20H,11-12,15H2,1-10H3. The predicted molar refractivity (Wildman–Crippen MR) is 127 cm³/mol. The molecule has 0 aliphatic rings. The van der Waals surface area contributed by atoms with Crippen molar-refractivity contribution in [2.24, 2.45) is 0 Å². The Labute approximate surface area is 176 Å². The van der Waals surface area contributed by atoms with Gasteiger partial charge in [-0.1, -0.05) is 6.07 Å². The van der Waals surface area contributed by atoms with Crippen molar-refractivity contribution < 1.29 is 22.2 Å². The molecule has 1 atom stereocenters. The zero-order valence-corrected chi connectivity index (χ0v) is 23.4. The summed E-state index contributed by atoms with van der Waals surface area (Å²) < 4.78 is 25.0. The van der Waals surface area contributed by atoms with Gasteiger partial charge in [-0.25, -0.2) is 0 Å². The van der Waals surface area contributed by atoms with Crippen LogP contribution < -0.4 is 4.74 Å². The van der Waals surface area contributed by atoms with Crippen molar-refractivity contribution in [3.05, 3.63) is 23.8 Å². The lowest BCUT2D eigenvalue weighted by molar-refractivity contribution is 0.322. The van der Waals surface area contributed by atoms with Gasteiger partial charge < -0.3 is 22.2 Å². The number of benzene rings is 1. The second-order valence-electron chi connectivity index (χ2n) is 9.92. The van der Waals surface area contributed by atoms with Gasteiger partial charge in [-0.05, 0) is 95.5 Å². The Bertz CT molecular complexity index is 640. The molecule has 0 saturated carbocycles. The van der Waals surface area contributed by atoms with Crippen molar-refractivity contribution in [1.82, 2.24) is 0 Å². The Balaban J connectivity index is 2.86. The zero-order valence-electron chi connectivity index (χ0n) is 19.4. The second kappa shape index (κ2) is 9.58. The fourth-order valence-electron chi connectivity index (χ4n) is 3.54. The number of methoxy groups -OCH3 is 1. The molecule has 0 spiro atoms. The van der Waals surface area contributed by atoms with E-state index in [1.807, 2.05) is 12.1 Å².